The molecule has 0 aromatic heterocycles. The lowest BCUT2D eigenvalue weighted by Crippen LogP contribution is -2.46. The summed E-state index contributed by atoms with van der Waals surface area (Å²) in [6.07, 6.45) is 9.52. The van der Waals surface area contributed by atoms with Gasteiger partial charge in [0.15, 0.2) is 5.96 Å². The summed E-state index contributed by atoms with van der Waals surface area (Å²) in [5.41, 5.74) is 2.71. The predicted molar refractivity (Wildman–Crippen MR) is 133 cm³/mol. The van der Waals surface area contributed by atoms with Crippen LogP contribution in [0.3, 0.4) is 0 Å². The molecule has 0 atom stereocenters. The van der Waals surface area contributed by atoms with Crippen LogP contribution < -0.4 is 10.6 Å². The van der Waals surface area contributed by atoms with E-state index in [9.17, 15) is 4.79 Å². The van der Waals surface area contributed by atoms with Gasteiger partial charge in [-0.1, -0.05) is 43.5 Å². The molecule has 1 aliphatic carbocycles. The highest BCUT2D eigenvalue weighted by Gasteiger charge is 2.23. The molecule has 1 saturated carbocycles. The zero-order chi connectivity index (χ0) is 22.8. The first kappa shape index (κ1) is 24.6. The van der Waals surface area contributed by atoms with Crippen LogP contribution in [-0.4, -0.2) is 61.4 Å². The van der Waals surface area contributed by atoms with Crippen LogP contribution in [0.1, 0.15) is 69.4 Å². The second-order valence-electron chi connectivity index (χ2n) is 9.45. The average molecular weight is 442 g/mol. The first-order chi connectivity index (χ1) is 15.6. The van der Waals surface area contributed by atoms with E-state index in [2.05, 4.69) is 58.7 Å². The molecule has 0 spiro atoms. The van der Waals surface area contributed by atoms with Gasteiger partial charge in [-0.15, -0.1) is 0 Å². The molecule has 3 rings (SSSR count). The number of nitrogens with one attached hydrogen (secondary N) is 2. The summed E-state index contributed by atoms with van der Waals surface area (Å²) >= 11 is 0. The third-order valence-electron chi connectivity index (χ3n) is 7.14. The largest absolute Gasteiger partial charge is 0.359 e. The molecule has 32 heavy (non-hydrogen) atoms. The maximum atomic E-state index is 11.7. The summed E-state index contributed by atoms with van der Waals surface area (Å²) in [7, 11) is 4.00. The topological polar surface area (TPSA) is 60.0 Å². The minimum Gasteiger partial charge on any atom is -0.359 e. The van der Waals surface area contributed by atoms with Crippen molar-refractivity contribution in [2.75, 3.05) is 33.7 Å². The Bertz CT molecular complexity index is 735. The number of hydrogen-bond donors (Lipinski definition) is 2. The highest BCUT2D eigenvalue weighted by Crippen LogP contribution is 2.24. The van der Waals surface area contributed by atoms with Gasteiger partial charge in [-0.3, -0.25) is 9.69 Å². The molecule has 0 bridgehead atoms. The van der Waals surface area contributed by atoms with Crippen LogP contribution in [0.15, 0.2) is 29.3 Å². The smallest absolute Gasteiger partial charge is 0.220 e. The van der Waals surface area contributed by atoms with Crippen LogP contribution in [0.2, 0.25) is 0 Å². The molecule has 0 unspecified atom stereocenters. The Morgan fingerprint density at radius 2 is 1.78 bits per heavy atom. The van der Waals surface area contributed by atoms with Crippen molar-refractivity contribution < 1.29 is 4.79 Å². The fourth-order valence-corrected chi connectivity index (χ4v) is 5.08. The van der Waals surface area contributed by atoms with Crippen LogP contribution in [-0.2, 0) is 17.9 Å². The van der Waals surface area contributed by atoms with Crippen molar-refractivity contribution in [3.8, 4) is 0 Å². The Hall–Kier alpha value is -2.08. The van der Waals surface area contributed by atoms with Crippen molar-refractivity contribution in [1.82, 2.24) is 20.4 Å². The van der Waals surface area contributed by atoms with E-state index in [0.717, 1.165) is 45.0 Å². The second kappa shape index (κ2) is 12.8. The molecule has 6 nitrogen and oxygen atoms in total. The summed E-state index contributed by atoms with van der Waals surface area (Å²) in [4.78, 5) is 21.6. The number of carbonyl (C=O) groups is 1. The molecule has 1 aromatic rings. The first-order valence-corrected chi connectivity index (χ1v) is 12.6. The fourth-order valence-electron chi connectivity index (χ4n) is 5.08. The van der Waals surface area contributed by atoms with Crippen LogP contribution in [0.25, 0.3) is 0 Å². The number of benzene rings is 1. The van der Waals surface area contributed by atoms with Gasteiger partial charge in [0.1, 0.15) is 0 Å². The van der Waals surface area contributed by atoms with Gasteiger partial charge < -0.3 is 15.5 Å². The number of hydrogen-bond acceptors (Lipinski definition) is 3. The van der Waals surface area contributed by atoms with E-state index in [4.69, 9.17) is 4.99 Å². The third kappa shape index (κ3) is 7.22. The van der Waals surface area contributed by atoms with Crippen LogP contribution in [0.5, 0.6) is 0 Å². The van der Waals surface area contributed by atoms with Gasteiger partial charge in [0.05, 0.1) is 6.54 Å². The van der Waals surface area contributed by atoms with Crippen LogP contribution in [0, 0.1) is 5.92 Å². The normalized spacial score (nSPS) is 18.8. The number of likely N-dealkylation sites (tertiary alicyclic amines) is 1. The van der Waals surface area contributed by atoms with Crippen molar-refractivity contribution in [2.45, 2.75) is 77.4 Å². The maximum absolute atomic E-state index is 11.7. The number of aliphatic imine (C=N–C) groups is 1. The minimum absolute atomic E-state index is 0.152. The van der Waals surface area contributed by atoms with Crippen molar-refractivity contribution >= 4 is 11.9 Å². The van der Waals surface area contributed by atoms with Crippen molar-refractivity contribution in [2.24, 2.45) is 10.9 Å². The second-order valence-corrected chi connectivity index (χ2v) is 9.45. The minimum atomic E-state index is 0.152. The summed E-state index contributed by atoms with van der Waals surface area (Å²) in [5.74, 6) is 1.63. The predicted octanol–water partition coefficient (Wildman–Crippen LogP) is 3.76. The van der Waals surface area contributed by atoms with E-state index in [1.165, 1.54) is 43.2 Å². The molecule has 2 fully saturated rings. The molecule has 2 aliphatic rings. The molecule has 2 N–H and O–H groups in total. The van der Waals surface area contributed by atoms with Crippen LogP contribution >= 0.6 is 0 Å². The van der Waals surface area contributed by atoms with Crippen molar-refractivity contribution in [3.05, 3.63) is 35.4 Å². The average Bonchev–Trinajstić information content (AvgIpc) is 2.83. The molecule has 1 heterocycles. The van der Waals surface area contributed by atoms with Gasteiger partial charge in [0.2, 0.25) is 5.91 Å². The summed E-state index contributed by atoms with van der Waals surface area (Å²) in [5, 5.41) is 6.24. The molecule has 6 heteroatoms. The van der Waals surface area contributed by atoms with Crippen molar-refractivity contribution in [3.63, 3.8) is 0 Å². The zero-order valence-corrected chi connectivity index (χ0v) is 20.4. The van der Waals surface area contributed by atoms with E-state index in [1.54, 1.807) is 7.05 Å². The quantitative estimate of drug-likeness (QED) is 0.476. The number of guanidine groups is 1. The summed E-state index contributed by atoms with van der Waals surface area (Å²) < 4.78 is 0. The Kier molecular flexibility index (Phi) is 9.85. The van der Waals surface area contributed by atoms with Crippen molar-refractivity contribution in [1.29, 1.82) is 0 Å². The van der Waals surface area contributed by atoms with Crippen LogP contribution in [0.4, 0.5) is 0 Å². The molecular formula is C26H43N5O. The van der Waals surface area contributed by atoms with E-state index in [-0.39, 0.29) is 5.91 Å². The summed E-state index contributed by atoms with van der Waals surface area (Å²) in [6.45, 7) is 6.61. The van der Waals surface area contributed by atoms with Gasteiger partial charge in [-0.25, -0.2) is 4.99 Å². The van der Waals surface area contributed by atoms with Gasteiger partial charge in [-0.2, -0.15) is 0 Å². The Morgan fingerprint density at radius 1 is 1.09 bits per heavy atom. The van der Waals surface area contributed by atoms with E-state index in [0.29, 0.717) is 24.9 Å². The first-order valence-electron chi connectivity index (χ1n) is 12.6. The molecule has 1 aromatic carbocycles. The SMILES string of the molecule is CCNC(=NCc1ccccc1CN(C)C1CCCCC1)N1CCC(CC(=O)NC)CC1. The Balaban J connectivity index is 1.61. The lowest BCUT2D eigenvalue weighted by Gasteiger charge is -2.34. The van der Waals surface area contributed by atoms with E-state index < -0.39 is 0 Å². The molecular weight excluding hydrogens is 398 g/mol. The number of carbonyl (C=O) groups excluding carboxylic acids is 1. The lowest BCUT2D eigenvalue weighted by atomic mass is 9.93. The highest BCUT2D eigenvalue weighted by atomic mass is 16.1. The third-order valence-corrected chi connectivity index (χ3v) is 7.14. The number of piperidine rings is 1. The Morgan fingerprint density at radius 3 is 2.44 bits per heavy atom. The van der Waals surface area contributed by atoms with Gasteiger partial charge in [-0.05, 0) is 56.7 Å². The highest BCUT2D eigenvalue weighted by molar-refractivity contribution is 5.80. The number of nitrogens with zero attached hydrogens (tertiary/aromatic N) is 3. The van der Waals surface area contributed by atoms with Gasteiger partial charge >= 0.3 is 0 Å². The standard InChI is InChI=1S/C26H43N5O/c1-4-28-26(31-16-14-21(15-17-31)18-25(32)27-2)29-19-22-10-8-9-11-23(22)20-30(3)24-12-6-5-7-13-24/h8-11,21,24H,4-7,12-20H2,1-3H3,(H,27,32)(H,28,29). The molecule has 178 valence electrons. The van der Waals surface area contributed by atoms with Gasteiger partial charge in [0.25, 0.3) is 0 Å². The Labute approximate surface area is 194 Å². The monoisotopic (exact) mass is 441 g/mol. The lowest BCUT2D eigenvalue weighted by molar-refractivity contribution is -0.121. The molecule has 1 amide bonds. The van der Waals surface area contributed by atoms with Gasteiger partial charge in [0, 0.05) is 45.7 Å². The van der Waals surface area contributed by atoms with E-state index >= 15 is 0 Å². The van der Waals surface area contributed by atoms with E-state index in [1.807, 2.05) is 0 Å². The zero-order valence-electron chi connectivity index (χ0n) is 20.4. The number of amides is 1. The molecule has 1 saturated heterocycles. The molecule has 1 aliphatic heterocycles. The maximum Gasteiger partial charge on any atom is 0.220 e. The number of rotatable bonds is 8. The summed E-state index contributed by atoms with van der Waals surface area (Å²) in [6, 6.07) is 9.49. The molecule has 0 radical (unpaired) electrons. The fraction of sp³-hybridized carbons (Fsp3) is 0.692.